The van der Waals surface area contributed by atoms with Crippen molar-refractivity contribution >= 4 is 6.29 Å². The Morgan fingerprint density at radius 3 is 2.45 bits per heavy atom. The molecule has 20 heavy (non-hydrogen) atoms. The highest BCUT2D eigenvalue weighted by atomic mass is 19.3. The maximum atomic E-state index is 12.3. The molecular weight excluding hydrogens is 266 g/mol. The number of benzene rings is 2. The molecule has 5 heteroatoms. The number of hydrogen-bond acceptors (Lipinski definition) is 3. The molecule has 0 fully saturated rings. The Balaban J connectivity index is 2.52. The second-order valence-corrected chi connectivity index (χ2v) is 3.98. The summed E-state index contributed by atoms with van der Waals surface area (Å²) < 4.78 is 34.1. The summed E-state index contributed by atoms with van der Waals surface area (Å²) >= 11 is 0. The SMILES string of the molecule is COc1cc(OC(F)F)cc(-c2ccccc2C=O)c1. The topological polar surface area (TPSA) is 35.5 Å². The average Bonchev–Trinajstić information content (AvgIpc) is 2.46. The number of aldehydes is 1. The molecule has 0 amide bonds. The molecule has 0 bridgehead atoms. The van der Waals surface area contributed by atoms with Gasteiger partial charge in [-0.05, 0) is 23.3 Å². The van der Waals surface area contributed by atoms with E-state index in [0.29, 0.717) is 28.7 Å². The first-order chi connectivity index (χ1) is 9.63. The van der Waals surface area contributed by atoms with Gasteiger partial charge in [-0.1, -0.05) is 24.3 Å². The van der Waals surface area contributed by atoms with E-state index in [-0.39, 0.29) is 5.75 Å². The number of carbonyl (C=O) groups excluding carboxylic acids is 1. The van der Waals surface area contributed by atoms with Gasteiger partial charge < -0.3 is 9.47 Å². The van der Waals surface area contributed by atoms with E-state index in [0.717, 1.165) is 0 Å². The fraction of sp³-hybridized carbons (Fsp3) is 0.133. The maximum absolute atomic E-state index is 12.3. The van der Waals surface area contributed by atoms with Gasteiger partial charge in [0.15, 0.2) is 6.29 Å². The fourth-order valence-corrected chi connectivity index (χ4v) is 1.88. The highest BCUT2D eigenvalue weighted by molar-refractivity contribution is 5.88. The van der Waals surface area contributed by atoms with Gasteiger partial charge in [0.25, 0.3) is 0 Å². The molecule has 0 N–H and O–H groups in total. The number of halogens is 2. The summed E-state index contributed by atoms with van der Waals surface area (Å²) in [4.78, 5) is 11.0. The number of alkyl halides is 2. The quantitative estimate of drug-likeness (QED) is 0.781. The summed E-state index contributed by atoms with van der Waals surface area (Å²) in [5.41, 5.74) is 1.66. The van der Waals surface area contributed by atoms with Gasteiger partial charge in [0, 0.05) is 11.6 Å². The number of ether oxygens (including phenoxy) is 2. The van der Waals surface area contributed by atoms with Gasteiger partial charge in [-0.2, -0.15) is 8.78 Å². The third-order valence-electron chi connectivity index (χ3n) is 2.74. The van der Waals surface area contributed by atoms with Crippen molar-refractivity contribution in [2.45, 2.75) is 6.61 Å². The van der Waals surface area contributed by atoms with Gasteiger partial charge in [-0.25, -0.2) is 0 Å². The normalized spacial score (nSPS) is 10.4. The van der Waals surface area contributed by atoms with Crippen molar-refractivity contribution in [3.8, 4) is 22.6 Å². The van der Waals surface area contributed by atoms with Crippen molar-refractivity contribution < 1.29 is 23.0 Å². The lowest BCUT2D eigenvalue weighted by atomic mass is 10.00. The lowest BCUT2D eigenvalue weighted by Gasteiger charge is -2.11. The molecule has 0 saturated heterocycles. The molecule has 2 rings (SSSR count). The minimum Gasteiger partial charge on any atom is -0.497 e. The van der Waals surface area contributed by atoms with Gasteiger partial charge >= 0.3 is 6.61 Å². The molecule has 0 aliphatic rings. The molecule has 0 saturated carbocycles. The van der Waals surface area contributed by atoms with Crippen LogP contribution in [0, 0.1) is 0 Å². The first-order valence-corrected chi connectivity index (χ1v) is 5.82. The van der Waals surface area contributed by atoms with Crippen LogP contribution in [0.4, 0.5) is 8.78 Å². The Labute approximate surface area is 114 Å². The molecule has 0 aliphatic carbocycles. The van der Waals surface area contributed by atoms with Gasteiger partial charge in [-0.3, -0.25) is 4.79 Å². The molecular formula is C15H12F2O3. The third-order valence-corrected chi connectivity index (χ3v) is 2.74. The molecule has 0 aromatic heterocycles. The molecule has 0 heterocycles. The van der Waals surface area contributed by atoms with Crippen LogP contribution in [0.2, 0.25) is 0 Å². The van der Waals surface area contributed by atoms with Crippen LogP contribution >= 0.6 is 0 Å². The van der Waals surface area contributed by atoms with E-state index in [2.05, 4.69) is 4.74 Å². The monoisotopic (exact) mass is 278 g/mol. The lowest BCUT2D eigenvalue weighted by Crippen LogP contribution is -2.02. The van der Waals surface area contributed by atoms with Crippen LogP contribution in [0.5, 0.6) is 11.5 Å². The van der Waals surface area contributed by atoms with Crippen LogP contribution in [-0.2, 0) is 0 Å². The second kappa shape index (κ2) is 6.14. The van der Waals surface area contributed by atoms with Gasteiger partial charge in [0.1, 0.15) is 11.5 Å². The average molecular weight is 278 g/mol. The molecule has 2 aromatic carbocycles. The zero-order chi connectivity index (χ0) is 14.5. The van der Waals surface area contributed by atoms with Gasteiger partial charge in [0.05, 0.1) is 7.11 Å². The Bertz CT molecular complexity index is 612. The second-order valence-electron chi connectivity index (χ2n) is 3.98. The van der Waals surface area contributed by atoms with E-state index < -0.39 is 6.61 Å². The Hall–Kier alpha value is -2.43. The summed E-state index contributed by atoms with van der Waals surface area (Å²) in [5.74, 6) is 0.355. The predicted molar refractivity (Wildman–Crippen MR) is 70.4 cm³/mol. The summed E-state index contributed by atoms with van der Waals surface area (Å²) in [7, 11) is 1.43. The van der Waals surface area contributed by atoms with Gasteiger partial charge in [-0.15, -0.1) is 0 Å². The molecule has 104 valence electrons. The van der Waals surface area contributed by atoms with E-state index in [1.807, 2.05) is 0 Å². The van der Waals surface area contributed by atoms with E-state index in [1.54, 1.807) is 30.3 Å². The summed E-state index contributed by atoms with van der Waals surface area (Å²) in [5, 5.41) is 0. The number of hydrogen-bond donors (Lipinski definition) is 0. The van der Waals surface area contributed by atoms with Crippen LogP contribution in [0.15, 0.2) is 42.5 Å². The van der Waals surface area contributed by atoms with E-state index in [9.17, 15) is 13.6 Å². The van der Waals surface area contributed by atoms with E-state index in [1.165, 1.54) is 19.2 Å². The fourth-order valence-electron chi connectivity index (χ4n) is 1.88. The smallest absolute Gasteiger partial charge is 0.387 e. The minimum absolute atomic E-state index is 0.0185. The van der Waals surface area contributed by atoms with Crippen molar-refractivity contribution in [2.24, 2.45) is 0 Å². The van der Waals surface area contributed by atoms with Crippen molar-refractivity contribution in [1.29, 1.82) is 0 Å². The van der Waals surface area contributed by atoms with Crippen molar-refractivity contribution in [2.75, 3.05) is 7.11 Å². The van der Waals surface area contributed by atoms with Crippen molar-refractivity contribution in [1.82, 2.24) is 0 Å². The molecule has 0 radical (unpaired) electrons. The van der Waals surface area contributed by atoms with Crippen molar-refractivity contribution in [3.05, 3.63) is 48.0 Å². The van der Waals surface area contributed by atoms with Crippen LogP contribution in [0.1, 0.15) is 10.4 Å². The minimum atomic E-state index is -2.92. The van der Waals surface area contributed by atoms with E-state index >= 15 is 0 Å². The highest BCUT2D eigenvalue weighted by Crippen LogP contribution is 2.31. The number of methoxy groups -OCH3 is 1. The first kappa shape index (κ1) is 14.0. The molecule has 0 unspecified atom stereocenters. The van der Waals surface area contributed by atoms with Crippen molar-refractivity contribution in [3.63, 3.8) is 0 Å². The summed E-state index contributed by atoms with van der Waals surface area (Å²) in [6, 6.07) is 11.3. The van der Waals surface area contributed by atoms with Gasteiger partial charge in [0.2, 0.25) is 0 Å². The predicted octanol–water partition coefficient (Wildman–Crippen LogP) is 3.78. The van der Waals surface area contributed by atoms with Crippen LogP contribution in [0.25, 0.3) is 11.1 Å². The lowest BCUT2D eigenvalue weighted by molar-refractivity contribution is -0.0498. The Kier molecular flexibility index (Phi) is 4.30. The Morgan fingerprint density at radius 1 is 1.10 bits per heavy atom. The molecule has 0 aliphatic heterocycles. The zero-order valence-corrected chi connectivity index (χ0v) is 10.7. The van der Waals surface area contributed by atoms with Crippen LogP contribution < -0.4 is 9.47 Å². The number of rotatable bonds is 5. The molecule has 2 aromatic rings. The molecule has 0 spiro atoms. The largest absolute Gasteiger partial charge is 0.497 e. The molecule has 0 atom stereocenters. The van der Waals surface area contributed by atoms with Crippen LogP contribution in [-0.4, -0.2) is 20.0 Å². The van der Waals surface area contributed by atoms with E-state index in [4.69, 9.17) is 4.74 Å². The third kappa shape index (κ3) is 3.12. The number of carbonyl (C=O) groups is 1. The summed E-state index contributed by atoms with van der Waals surface area (Å²) in [6.45, 7) is -2.92. The zero-order valence-electron chi connectivity index (χ0n) is 10.7. The highest BCUT2D eigenvalue weighted by Gasteiger charge is 2.11. The van der Waals surface area contributed by atoms with Crippen LogP contribution in [0.3, 0.4) is 0 Å². The maximum Gasteiger partial charge on any atom is 0.387 e. The first-order valence-electron chi connectivity index (χ1n) is 5.82. The standard InChI is InChI=1S/C15H12F2O3/c1-19-12-6-11(7-13(8-12)20-15(16)17)14-5-3-2-4-10(14)9-18/h2-9,15H,1H3. The Morgan fingerprint density at radius 2 is 1.80 bits per heavy atom. The summed E-state index contributed by atoms with van der Waals surface area (Å²) in [6.07, 6.45) is 0.711. The molecule has 3 nitrogen and oxygen atoms in total.